The Labute approximate surface area is 131 Å². The fourth-order valence-electron chi connectivity index (χ4n) is 2.89. The lowest BCUT2D eigenvalue weighted by Crippen LogP contribution is -2.52. The Bertz CT molecular complexity index is 365. The van der Waals surface area contributed by atoms with Crippen molar-refractivity contribution in [3.8, 4) is 0 Å². The van der Waals surface area contributed by atoms with E-state index in [9.17, 15) is 4.79 Å². The number of hydrogen-bond acceptors (Lipinski definition) is 4. The summed E-state index contributed by atoms with van der Waals surface area (Å²) in [5.41, 5.74) is 0. The van der Waals surface area contributed by atoms with Gasteiger partial charge in [0.05, 0.1) is 7.11 Å². The van der Waals surface area contributed by atoms with Crippen molar-refractivity contribution < 1.29 is 9.53 Å². The van der Waals surface area contributed by atoms with E-state index in [0.29, 0.717) is 18.5 Å². The van der Waals surface area contributed by atoms with Gasteiger partial charge in [-0.25, -0.2) is 0 Å². The lowest BCUT2D eigenvalue weighted by atomic mass is 9.86. The first kappa shape index (κ1) is 15.9. The minimum Gasteiger partial charge on any atom is -0.468 e. The monoisotopic (exact) mass is 316 g/mol. The van der Waals surface area contributed by atoms with Gasteiger partial charge in [-0.05, 0) is 31.0 Å². The average Bonchev–Trinajstić information content (AvgIpc) is 2.49. The molecule has 1 heterocycles. The van der Waals surface area contributed by atoms with Gasteiger partial charge in [-0.3, -0.25) is 4.79 Å². The zero-order chi connectivity index (χ0) is 14.5. The predicted octanol–water partition coefficient (Wildman–Crippen LogP) is 2.03. The minimum atomic E-state index is -0.145. The molecule has 0 spiro atoms. The maximum Gasteiger partial charge on any atom is 0.320 e. The van der Waals surface area contributed by atoms with Gasteiger partial charge in [0.25, 0.3) is 0 Å². The summed E-state index contributed by atoms with van der Waals surface area (Å²) in [6, 6.07) is 0.488. The fraction of sp³-hybridized carbons (Fsp3) is 0.857. The summed E-state index contributed by atoms with van der Waals surface area (Å²) in [6.07, 6.45) is 5.09. The van der Waals surface area contributed by atoms with Crippen molar-refractivity contribution in [1.29, 1.82) is 0 Å². The van der Waals surface area contributed by atoms with Crippen LogP contribution in [-0.2, 0) is 9.53 Å². The molecule has 3 atom stereocenters. The van der Waals surface area contributed by atoms with Crippen LogP contribution in [0.4, 0.5) is 0 Å². The number of esters is 1. The zero-order valence-corrected chi connectivity index (χ0v) is 13.9. The van der Waals surface area contributed by atoms with Gasteiger partial charge in [0.2, 0.25) is 0 Å². The highest BCUT2D eigenvalue weighted by atomic mass is 32.2. The number of thioether (sulfide) groups is 1. The van der Waals surface area contributed by atoms with Crippen LogP contribution in [0.5, 0.6) is 0 Å². The largest absolute Gasteiger partial charge is 0.468 e. The first-order chi connectivity index (χ1) is 9.61. The molecule has 114 valence electrons. The molecule has 1 aliphatic carbocycles. The van der Waals surface area contributed by atoms with Crippen LogP contribution in [0.25, 0.3) is 0 Å². The lowest BCUT2D eigenvalue weighted by Gasteiger charge is -2.37. The lowest BCUT2D eigenvalue weighted by molar-refractivity contribution is -0.140. The van der Waals surface area contributed by atoms with Crippen molar-refractivity contribution in [2.24, 2.45) is 5.92 Å². The number of thiocarbonyl (C=S) groups is 1. The van der Waals surface area contributed by atoms with Crippen LogP contribution in [0.1, 0.15) is 32.6 Å². The second-order valence-electron chi connectivity index (χ2n) is 5.65. The second-order valence-corrected chi connectivity index (χ2v) is 7.34. The maximum absolute atomic E-state index is 11.6. The quantitative estimate of drug-likeness (QED) is 0.621. The third-order valence-corrected chi connectivity index (χ3v) is 5.78. The Balaban J connectivity index is 1.86. The van der Waals surface area contributed by atoms with E-state index in [4.69, 9.17) is 17.0 Å². The molecule has 1 saturated carbocycles. The summed E-state index contributed by atoms with van der Waals surface area (Å²) in [7, 11) is 1.45. The SMILES string of the molecule is COC(=O)[C@@H]1CN(C(=S)N[C@@H]2CCCC[C@H]2C)CCS1. The molecule has 4 nitrogen and oxygen atoms in total. The van der Waals surface area contributed by atoms with Crippen LogP contribution in [0.2, 0.25) is 0 Å². The van der Waals surface area contributed by atoms with Crippen molar-refractivity contribution in [1.82, 2.24) is 10.2 Å². The molecule has 0 unspecified atom stereocenters. The maximum atomic E-state index is 11.6. The highest BCUT2D eigenvalue weighted by Gasteiger charge is 2.30. The van der Waals surface area contributed by atoms with Crippen LogP contribution in [0.3, 0.4) is 0 Å². The van der Waals surface area contributed by atoms with Crippen molar-refractivity contribution >= 4 is 35.1 Å². The summed E-state index contributed by atoms with van der Waals surface area (Å²) in [5, 5.41) is 4.20. The third kappa shape index (κ3) is 4.01. The van der Waals surface area contributed by atoms with Crippen molar-refractivity contribution in [2.75, 3.05) is 26.0 Å². The number of carbonyl (C=O) groups is 1. The van der Waals surface area contributed by atoms with Crippen LogP contribution >= 0.6 is 24.0 Å². The second kappa shape index (κ2) is 7.50. The van der Waals surface area contributed by atoms with E-state index in [1.165, 1.54) is 32.8 Å². The molecule has 1 saturated heterocycles. The smallest absolute Gasteiger partial charge is 0.320 e. The highest BCUT2D eigenvalue weighted by Crippen LogP contribution is 2.25. The van der Waals surface area contributed by atoms with Crippen LogP contribution in [0.15, 0.2) is 0 Å². The summed E-state index contributed by atoms with van der Waals surface area (Å²) in [6.45, 7) is 3.86. The van der Waals surface area contributed by atoms with Gasteiger partial charge in [0, 0.05) is 24.9 Å². The molecule has 2 aliphatic rings. The standard InChI is InChI=1S/C14H24N2O2S2/c1-10-5-3-4-6-11(10)15-14(19)16-7-8-20-12(9-16)13(17)18-2/h10-12H,3-9H2,1-2H3,(H,15,19)/t10-,11-,12+/m1/s1. The van der Waals surface area contributed by atoms with Gasteiger partial charge in [-0.1, -0.05) is 19.8 Å². The van der Waals surface area contributed by atoms with E-state index in [2.05, 4.69) is 17.1 Å². The minimum absolute atomic E-state index is 0.114. The molecule has 1 aliphatic heterocycles. The van der Waals surface area contributed by atoms with Crippen LogP contribution in [-0.4, -0.2) is 53.2 Å². The number of nitrogens with zero attached hydrogens (tertiary/aromatic N) is 1. The molecule has 0 amide bonds. The Morgan fingerprint density at radius 1 is 1.40 bits per heavy atom. The molecule has 2 fully saturated rings. The Hall–Kier alpha value is -0.490. The fourth-order valence-corrected chi connectivity index (χ4v) is 4.33. The van der Waals surface area contributed by atoms with Crippen LogP contribution < -0.4 is 5.32 Å². The third-order valence-electron chi connectivity index (χ3n) is 4.24. The molecule has 1 N–H and O–H groups in total. The van der Waals surface area contributed by atoms with Gasteiger partial charge < -0.3 is 15.0 Å². The molecule has 0 bridgehead atoms. The topological polar surface area (TPSA) is 41.6 Å². The Morgan fingerprint density at radius 3 is 2.85 bits per heavy atom. The van der Waals surface area contributed by atoms with E-state index in [0.717, 1.165) is 17.4 Å². The number of rotatable bonds is 2. The predicted molar refractivity (Wildman–Crippen MR) is 87.0 cm³/mol. The van der Waals surface area contributed by atoms with Gasteiger partial charge >= 0.3 is 5.97 Å². The van der Waals surface area contributed by atoms with Crippen molar-refractivity contribution in [3.63, 3.8) is 0 Å². The summed E-state index contributed by atoms with van der Waals surface area (Å²) >= 11 is 7.20. The Kier molecular flexibility index (Phi) is 5.96. The molecule has 0 aromatic carbocycles. The average molecular weight is 316 g/mol. The van der Waals surface area contributed by atoms with Crippen molar-refractivity contribution in [3.05, 3.63) is 0 Å². The molecule has 0 aromatic heterocycles. The zero-order valence-electron chi connectivity index (χ0n) is 12.3. The van der Waals surface area contributed by atoms with Gasteiger partial charge in [0.15, 0.2) is 5.11 Å². The van der Waals surface area contributed by atoms with E-state index in [1.54, 1.807) is 11.8 Å². The molecule has 0 radical (unpaired) electrons. The molecule has 2 rings (SSSR count). The van der Waals surface area contributed by atoms with Gasteiger partial charge in [0.1, 0.15) is 5.25 Å². The molecule has 20 heavy (non-hydrogen) atoms. The van der Waals surface area contributed by atoms with Gasteiger partial charge in [-0.15, -0.1) is 11.8 Å². The normalized spacial score (nSPS) is 30.7. The molecule has 6 heteroatoms. The number of carbonyl (C=O) groups excluding carboxylic acids is 1. The Morgan fingerprint density at radius 2 is 2.15 bits per heavy atom. The first-order valence-corrected chi connectivity index (χ1v) is 8.82. The summed E-state index contributed by atoms with van der Waals surface area (Å²) in [4.78, 5) is 13.8. The van der Waals surface area contributed by atoms with E-state index < -0.39 is 0 Å². The number of ether oxygens (including phenoxy) is 1. The van der Waals surface area contributed by atoms with Crippen LogP contribution in [0, 0.1) is 5.92 Å². The first-order valence-electron chi connectivity index (χ1n) is 7.36. The summed E-state index contributed by atoms with van der Waals surface area (Å²) in [5.74, 6) is 1.45. The highest BCUT2D eigenvalue weighted by molar-refractivity contribution is 8.00. The van der Waals surface area contributed by atoms with E-state index in [1.807, 2.05) is 0 Å². The number of methoxy groups -OCH3 is 1. The van der Waals surface area contributed by atoms with E-state index in [-0.39, 0.29) is 11.2 Å². The van der Waals surface area contributed by atoms with Gasteiger partial charge in [-0.2, -0.15) is 0 Å². The van der Waals surface area contributed by atoms with E-state index >= 15 is 0 Å². The molecular weight excluding hydrogens is 292 g/mol. The molecule has 0 aromatic rings. The number of hydrogen-bond donors (Lipinski definition) is 1. The van der Waals surface area contributed by atoms with Crippen molar-refractivity contribution in [2.45, 2.75) is 43.9 Å². The molecular formula is C14H24N2O2S2. The summed E-state index contributed by atoms with van der Waals surface area (Å²) < 4.78 is 4.83. The number of nitrogens with one attached hydrogen (secondary N) is 1.